The Morgan fingerprint density at radius 1 is 1.42 bits per heavy atom. The van der Waals surface area contributed by atoms with E-state index in [-0.39, 0.29) is 0 Å². The maximum absolute atomic E-state index is 3.35. The van der Waals surface area contributed by atoms with Gasteiger partial charge < -0.3 is 5.32 Å². The van der Waals surface area contributed by atoms with E-state index in [9.17, 15) is 0 Å². The Morgan fingerprint density at radius 2 is 2.08 bits per heavy atom. The van der Waals surface area contributed by atoms with Crippen molar-refractivity contribution in [3.8, 4) is 0 Å². The second-order valence-corrected chi connectivity index (χ2v) is 2.95. The number of nitrogens with one attached hydrogen (secondary N) is 2. The van der Waals surface area contributed by atoms with E-state index in [1.807, 2.05) is 7.05 Å². The Morgan fingerprint density at radius 3 is 2.50 bits per heavy atom. The molecule has 72 valence electrons. The fourth-order valence-electron chi connectivity index (χ4n) is 0.947. The summed E-state index contributed by atoms with van der Waals surface area (Å²) in [6, 6.07) is 0. The highest BCUT2D eigenvalue weighted by Crippen LogP contribution is 1.89. The first-order valence-electron chi connectivity index (χ1n) is 4.43. The molecule has 0 saturated carbocycles. The molecule has 0 fully saturated rings. The van der Waals surface area contributed by atoms with Crippen LogP contribution in [-0.2, 0) is 0 Å². The molecule has 0 aromatic carbocycles. The average molecular weight is 171 g/mol. The van der Waals surface area contributed by atoms with Crippen molar-refractivity contribution < 1.29 is 0 Å². The number of rotatable bonds is 6. The third-order valence-corrected chi connectivity index (χ3v) is 1.61. The van der Waals surface area contributed by atoms with Crippen LogP contribution in [0.4, 0.5) is 0 Å². The molecule has 0 aliphatic carbocycles. The molecule has 0 rings (SSSR count). The van der Waals surface area contributed by atoms with Crippen LogP contribution in [0.25, 0.3) is 0 Å². The Kier molecular flexibility index (Phi) is 7.05. The highest BCUT2D eigenvalue weighted by molar-refractivity contribution is 4.92. The minimum Gasteiger partial charge on any atom is -0.316 e. The predicted octanol–water partition coefficient (Wildman–Crippen LogP) is 0.259. The summed E-state index contributed by atoms with van der Waals surface area (Å²) in [6.07, 6.45) is 4.65. The molecule has 0 aromatic heterocycles. The molecule has 12 heavy (non-hydrogen) atoms. The van der Waals surface area contributed by atoms with Crippen LogP contribution in [0, 0.1) is 0 Å². The fraction of sp³-hybridized carbons (Fsp3) is 0.778. The summed E-state index contributed by atoms with van der Waals surface area (Å²) in [7, 11) is 6.08. The molecule has 0 aliphatic heterocycles. The van der Waals surface area contributed by atoms with Crippen molar-refractivity contribution >= 4 is 0 Å². The second-order valence-electron chi connectivity index (χ2n) is 2.95. The molecule has 3 heteroatoms. The zero-order chi connectivity index (χ0) is 9.40. The van der Waals surface area contributed by atoms with Gasteiger partial charge >= 0.3 is 0 Å². The molecule has 0 bridgehead atoms. The zero-order valence-corrected chi connectivity index (χ0v) is 8.59. The van der Waals surface area contributed by atoms with Gasteiger partial charge in [-0.05, 0) is 27.7 Å². The number of hydrogen-bond donors (Lipinski definition) is 2. The summed E-state index contributed by atoms with van der Waals surface area (Å²) in [5.74, 6) is 0. The van der Waals surface area contributed by atoms with Gasteiger partial charge in [0, 0.05) is 6.54 Å². The van der Waals surface area contributed by atoms with Crippen molar-refractivity contribution in [3.05, 3.63) is 12.2 Å². The van der Waals surface area contributed by atoms with Gasteiger partial charge in [-0.3, -0.25) is 10.2 Å². The molecular weight excluding hydrogens is 150 g/mol. The summed E-state index contributed by atoms with van der Waals surface area (Å²) in [6.45, 7) is 4.03. The van der Waals surface area contributed by atoms with Crippen molar-refractivity contribution in [2.45, 2.75) is 13.1 Å². The maximum Gasteiger partial charge on any atom is 0.0784 e. The Balaban J connectivity index is 3.77. The minimum absolute atomic E-state index is 0.350. The van der Waals surface area contributed by atoms with E-state index >= 15 is 0 Å². The molecule has 0 aliphatic rings. The standard InChI is InChI=1S/C9H21N3/c1-5-11-9(12(3)4)7-6-8-10-2/h6-7,9-11H,5,8H2,1-4H3/b7-6-. The van der Waals surface area contributed by atoms with Gasteiger partial charge in [0.1, 0.15) is 0 Å². The van der Waals surface area contributed by atoms with Crippen molar-refractivity contribution in [2.24, 2.45) is 0 Å². The zero-order valence-electron chi connectivity index (χ0n) is 8.59. The predicted molar refractivity (Wildman–Crippen MR) is 54.2 cm³/mol. The van der Waals surface area contributed by atoms with E-state index in [4.69, 9.17) is 0 Å². The first-order valence-corrected chi connectivity index (χ1v) is 4.43. The van der Waals surface area contributed by atoms with Crippen LogP contribution in [0.2, 0.25) is 0 Å². The van der Waals surface area contributed by atoms with Crippen molar-refractivity contribution in [2.75, 3.05) is 34.2 Å². The van der Waals surface area contributed by atoms with Crippen LogP contribution in [0.3, 0.4) is 0 Å². The van der Waals surface area contributed by atoms with Gasteiger partial charge in [0.25, 0.3) is 0 Å². The second kappa shape index (κ2) is 7.28. The average Bonchev–Trinajstić information content (AvgIpc) is 2.03. The molecule has 1 atom stereocenters. The monoisotopic (exact) mass is 171 g/mol. The Labute approximate surface area is 75.8 Å². The van der Waals surface area contributed by atoms with Crippen molar-refractivity contribution in [1.29, 1.82) is 0 Å². The molecule has 0 spiro atoms. The summed E-state index contributed by atoms with van der Waals surface area (Å²) in [5, 5.41) is 6.42. The van der Waals surface area contributed by atoms with Crippen LogP contribution in [-0.4, -0.2) is 45.3 Å². The highest BCUT2D eigenvalue weighted by Gasteiger charge is 2.02. The molecule has 0 saturated heterocycles. The van der Waals surface area contributed by atoms with Gasteiger partial charge in [-0.15, -0.1) is 0 Å². The van der Waals surface area contributed by atoms with E-state index in [2.05, 4.69) is 48.7 Å². The van der Waals surface area contributed by atoms with Crippen LogP contribution >= 0.6 is 0 Å². The van der Waals surface area contributed by atoms with Gasteiger partial charge in [0.15, 0.2) is 0 Å². The van der Waals surface area contributed by atoms with Gasteiger partial charge in [-0.1, -0.05) is 19.1 Å². The highest BCUT2D eigenvalue weighted by atomic mass is 15.2. The molecule has 0 heterocycles. The van der Waals surface area contributed by atoms with Crippen LogP contribution in [0.5, 0.6) is 0 Å². The molecule has 0 aromatic rings. The summed E-state index contributed by atoms with van der Waals surface area (Å²) >= 11 is 0. The van der Waals surface area contributed by atoms with Gasteiger partial charge in [0.2, 0.25) is 0 Å². The lowest BCUT2D eigenvalue weighted by atomic mass is 10.3. The molecule has 2 N–H and O–H groups in total. The molecule has 3 nitrogen and oxygen atoms in total. The number of hydrogen-bond acceptors (Lipinski definition) is 3. The Bertz CT molecular complexity index is 121. The van der Waals surface area contributed by atoms with E-state index in [1.54, 1.807) is 0 Å². The third kappa shape index (κ3) is 5.29. The quantitative estimate of drug-likeness (QED) is 0.443. The summed E-state index contributed by atoms with van der Waals surface area (Å²) in [5.41, 5.74) is 0. The normalized spacial score (nSPS) is 14.4. The van der Waals surface area contributed by atoms with Crippen LogP contribution < -0.4 is 10.6 Å². The summed E-state index contributed by atoms with van der Waals surface area (Å²) < 4.78 is 0. The first-order chi connectivity index (χ1) is 5.72. The van der Waals surface area contributed by atoms with Crippen LogP contribution in [0.1, 0.15) is 6.92 Å². The van der Waals surface area contributed by atoms with E-state index < -0.39 is 0 Å². The lowest BCUT2D eigenvalue weighted by Gasteiger charge is -2.21. The largest absolute Gasteiger partial charge is 0.316 e. The lowest BCUT2D eigenvalue weighted by Crippen LogP contribution is -2.39. The van der Waals surface area contributed by atoms with Crippen molar-refractivity contribution in [3.63, 3.8) is 0 Å². The van der Waals surface area contributed by atoms with E-state index in [0.717, 1.165) is 13.1 Å². The maximum atomic E-state index is 3.35. The first kappa shape index (κ1) is 11.6. The number of likely N-dealkylation sites (N-methyl/N-ethyl adjacent to an activating group) is 3. The molecule has 0 amide bonds. The van der Waals surface area contributed by atoms with Gasteiger partial charge in [-0.25, -0.2) is 0 Å². The van der Waals surface area contributed by atoms with Crippen LogP contribution in [0.15, 0.2) is 12.2 Å². The van der Waals surface area contributed by atoms with Crippen molar-refractivity contribution in [1.82, 2.24) is 15.5 Å². The third-order valence-electron chi connectivity index (χ3n) is 1.61. The smallest absolute Gasteiger partial charge is 0.0784 e. The topological polar surface area (TPSA) is 27.3 Å². The van der Waals surface area contributed by atoms with E-state index in [0.29, 0.717) is 6.17 Å². The fourth-order valence-corrected chi connectivity index (χ4v) is 0.947. The SMILES string of the molecule is CCNC(/C=C\CNC)N(C)C. The molecule has 0 radical (unpaired) electrons. The van der Waals surface area contributed by atoms with Gasteiger partial charge in [0.05, 0.1) is 6.17 Å². The lowest BCUT2D eigenvalue weighted by molar-refractivity contribution is 0.299. The molecule has 1 unspecified atom stereocenters. The number of nitrogens with zero attached hydrogens (tertiary/aromatic N) is 1. The van der Waals surface area contributed by atoms with Gasteiger partial charge in [-0.2, -0.15) is 0 Å². The minimum atomic E-state index is 0.350. The molecular formula is C9H21N3. The Hall–Kier alpha value is -0.380. The van der Waals surface area contributed by atoms with E-state index in [1.165, 1.54) is 0 Å². The summed E-state index contributed by atoms with van der Waals surface area (Å²) in [4.78, 5) is 2.15.